The van der Waals surface area contributed by atoms with E-state index in [1.807, 2.05) is 30.3 Å². The van der Waals surface area contributed by atoms with Crippen molar-refractivity contribution in [1.82, 2.24) is 0 Å². The number of benzene rings is 2. The fourth-order valence-electron chi connectivity index (χ4n) is 3.58. The lowest BCUT2D eigenvalue weighted by molar-refractivity contribution is 0.303. The Bertz CT molecular complexity index is 757. The van der Waals surface area contributed by atoms with Crippen LogP contribution in [-0.2, 0) is 0 Å². The molecule has 2 aromatic rings. The Hall–Kier alpha value is -2.36. The highest BCUT2D eigenvalue weighted by Gasteiger charge is 2.14. The first kappa shape index (κ1) is 24.9. The van der Waals surface area contributed by atoms with Crippen molar-refractivity contribution in [3.63, 3.8) is 0 Å². The highest BCUT2D eigenvalue weighted by atomic mass is 16.5. The SMILES string of the molecule is CCCCCCCOc1ccc(O)c(-c2cc(OC)ccc2OCCCCCCC)c1. The third-order valence-electron chi connectivity index (χ3n) is 5.47. The normalized spacial score (nSPS) is 10.8. The monoisotopic (exact) mass is 428 g/mol. The zero-order chi connectivity index (χ0) is 22.3. The smallest absolute Gasteiger partial charge is 0.127 e. The van der Waals surface area contributed by atoms with Crippen LogP contribution in [0.15, 0.2) is 36.4 Å². The van der Waals surface area contributed by atoms with E-state index in [1.165, 1.54) is 51.4 Å². The molecule has 0 amide bonds. The second kappa shape index (κ2) is 14.6. The Kier molecular flexibility index (Phi) is 11.7. The second-order valence-electron chi connectivity index (χ2n) is 8.07. The second-order valence-corrected chi connectivity index (χ2v) is 8.07. The van der Waals surface area contributed by atoms with E-state index in [0.717, 1.165) is 35.7 Å². The molecule has 0 aliphatic heterocycles. The van der Waals surface area contributed by atoms with E-state index in [1.54, 1.807) is 13.2 Å². The summed E-state index contributed by atoms with van der Waals surface area (Å²) in [6.45, 7) is 5.79. The van der Waals surface area contributed by atoms with Crippen LogP contribution in [0.25, 0.3) is 11.1 Å². The number of rotatable bonds is 16. The number of methoxy groups -OCH3 is 1. The average Bonchev–Trinajstić information content (AvgIpc) is 2.79. The molecule has 2 aromatic carbocycles. The summed E-state index contributed by atoms with van der Waals surface area (Å²) >= 11 is 0. The van der Waals surface area contributed by atoms with Gasteiger partial charge in [0.1, 0.15) is 23.0 Å². The Labute approximate surface area is 188 Å². The van der Waals surface area contributed by atoms with Gasteiger partial charge in [0.25, 0.3) is 0 Å². The largest absolute Gasteiger partial charge is 0.507 e. The van der Waals surface area contributed by atoms with Gasteiger partial charge in [-0.05, 0) is 49.2 Å². The van der Waals surface area contributed by atoms with E-state index >= 15 is 0 Å². The summed E-state index contributed by atoms with van der Waals surface area (Å²) in [5.41, 5.74) is 1.52. The topological polar surface area (TPSA) is 47.9 Å². The first-order chi connectivity index (χ1) is 15.2. The van der Waals surface area contributed by atoms with Crippen LogP contribution >= 0.6 is 0 Å². The van der Waals surface area contributed by atoms with E-state index in [0.29, 0.717) is 18.8 Å². The minimum atomic E-state index is 0.205. The fourth-order valence-corrected chi connectivity index (χ4v) is 3.58. The zero-order valence-corrected chi connectivity index (χ0v) is 19.6. The molecular formula is C27H40O4. The molecule has 0 bridgehead atoms. The summed E-state index contributed by atoms with van der Waals surface area (Å²) in [6.07, 6.45) is 12.0. The van der Waals surface area contributed by atoms with Gasteiger partial charge in [-0.2, -0.15) is 0 Å². The Balaban J connectivity index is 2.08. The van der Waals surface area contributed by atoms with Crippen molar-refractivity contribution < 1.29 is 19.3 Å². The molecule has 0 aliphatic carbocycles. The van der Waals surface area contributed by atoms with Crippen LogP contribution in [0.3, 0.4) is 0 Å². The zero-order valence-electron chi connectivity index (χ0n) is 19.6. The van der Waals surface area contributed by atoms with E-state index in [4.69, 9.17) is 14.2 Å². The lowest BCUT2D eigenvalue weighted by Gasteiger charge is -2.15. The molecule has 1 N–H and O–H groups in total. The Morgan fingerprint density at radius 3 is 1.87 bits per heavy atom. The maximum Gasteiger partial charge on any atom is 0.127 e. The van der Waals surface area contributed by atoms with Crippen molar-refractivity contribution in [2.75, 3.05) is 20.3 Å². The van der Waals surface area contributed by atoms with Crippen LogP contribution in [0.2, 0.25) is 0 Å². The molecule has 4 nitrogen and oxygen atoms in total. The molecule has 0 unspecified atom stereocenters. The minimum Gasteiger partial charge on any atom is -0.507 e. The van der Waals surface area contributed by atoms with Gasteiger partial charge in [0.15, 0.2) is 0 Å². The number of hydrogen-bond acceptors (Lipinski definition) is 4. The predicted octanol–water partition coefficient (Wildman–Crippen LogP) is 7.77. The molecule has 0 saturated heterocycles. The number of ether oxygens (including phenoxy) is 3. The van der Waals surface area contributed by atoms with Crippen molar-refractivity contribution >= 4 is 0 Å². The maximum atomic E-state index is 10.6. The average molecular weight is 429 g/mol. The molecule has 0 atom stereocenters. The molecule has 0 heterocycles. The minimum absolute atomic E-state index is 0.205. The molecule has 0 radical (unpaired) electrons. The van der Waals surface area contributed by atoms with Crippen molar-refractivity contribution in [3.8, 4) is 34.1 Å². The molecule has 0 aliphatic rings. The van der Waals surface area contributed by atoms with Gasteiger partial charge in [-0.3, -0.25) is 0 Å². The molecule has 0 spiro atoms. The quantitative estimate of drug-likeness (QED) is 0.277. The lowest BCUT2D eigenvalue weighted by atomic mass is 10.0. The molecule has 172 valence electrons. The van der Waals surface area contributed by atoms with Crippen molar-refractivity contribution in [3.05, 3.63) is 36.4 Å². The summed E-state index contributed by atoms with van der Waals surface area (Å²) < 4.78 is 17.5. The van der Waals surface area contributed by atoms with Crippen molar-refractivity contribution in [2.45, 2.75) is 78.1 Å². The van der Waals surface area contributed by atoms with Crippen LogP contribution in [-0.4, -0.2) is 25.4 Å². The van der Waals surface area contributed by atoms with Gasteiger partial charge >= 0.3 is 0 Å². The molecule has 0 saturated carbocycles. The van der Waals surface area contributed by atoms with E-state index in [2.05, 4.69) is 13.8 Å². The highest BCUT2D eigenvalue weighted by Crippen LogP contribution is 2.40. The Morgan fingerprint density at radius 2 is 1.23 bits per heavy atom. The first-order valence-corrected chi connectivity index (χ1v) is 12.0. The third-order valence-corrected chi connectivity index (χ3v) is 5.47. The van der Waals surface area contributed by atoms with Crippen LogP contribution in [0.5, 0.6) is 23.0 Å². The van der Waals surface area contributed by atoms with Crippen LogP contribution in [0.4, 0.5) is 0 Å². The summed E-state index contributed by atoms with van der Waals surface area (Å²) in [7, 11) is 1.64. The molecule has 31 heavy (non-hydrogen) atoms. The molecule has 2 rings (SSSR count). The predicted molar refractivity (Wildman–Crippen MR) is 129 cm³/mol. The van der Waals surface area contributed by atoms with Crippen molar-refractivity contribution in [2.24, 2.45) is 0 Å². The highest BCUT2D eigenvalue weighted by molar-refractivity contribution is 5.77. The summed E-state index contributed by atoms with van der Waals surface area (Å²) in [5.74, 6) is 2.45. The number of hydrogen-bond donors (Lipinski definition) is 1. The third kappa shape index (κ3) is 8.72. The van der Waals surface area contributed by atoms with E-state index < -0.39 is 0 Å². The van der Waals surface area contributed by atoms with Gasteiger partial charge in [0.2, 0.25) is 0 Å². The van der Waals surface area contributed by atoms with Gasteiger partial charge in [-0.25, -0.2) is 0 Å². The van der Waals surface area contributed by atoms with Gasteiger partial charge < -0.3 is 19.3 Å². The number of phenols is 1. The standard InChI is InChI=1S/C27H40O4/c1-4-6-8-10-12-18-30-23-14-16-26(28)24(21-23)25-20-22(29-3)15-17-27(25)31-19-13-11-9-7-5-2/h14-17,20-21,28H,4-13,18-19H2,1-3H3. The van der Waals surface area contributed by atoms with Gasteiger partial charge in [-0.1, -0.05) is 65.2 Å². The number of unbranched alkanes of at least 4 members (excludes halogenated alkanes) is 8. The van der Waals surface area contributed by atoms with Gasteiger partial charge in [0.05, 0.1) is 20.3 Å². The van der Waals surface area contributed by atoms with Crippen LogP contribution in [0, 0.1) is 0 Å². The molecular weight excluding hydrogens is 388 g/mol. The maximum absolute atomic E-state index is 10.6. The van der Waals surface area contributed by atoms with Gasteiger partial charge in [-0.15, -0.1) is 0 Å². The fraction of sp³-hybridized carbons (Fsp3) is 0.556. The molecule has 0 fully saturated rings. The molecule has 0 aromatic heterocycles. The van der Waals surface area contributed by atoms with E-state index in [9.17, 15) is 5.11 Å². The lowest BCUT2D eigenvalue weighted by Crippen LogP contribution is -2.00. The summed E-state index contributed by atoms with van der Waals surface area (Å²) in [6, 6.07) is 11.1. The number of phenolic OH excluding ortho intramolecular Hbond substituents is 1. The van der Waals surface area contributed by atoms with E-state index in [-0.39, 0.29) is 5.75 Å². The molecule has 4 heteroatoms. The van der Waals surface area contributed by atoms with Crippen LogP contribution < -0.4 is 14.2 Å². The number of aromatic hydroxyl groups is 1. The Morgan fingerprint density at radius 1 is 0.645 bits per heavy atom. The first-order valence-electron chi connectivity index (χ1n) is 12.0. The van der Waals surface area contributed by atoms with Gasteiger partial charge in [0, 0.05) is 11.1 Å². The summed E-state index contributed by atoms with van der Waals surface area (Å²) in [4.78, 5) is 0. The van der Waals surface area contributed by atoms with Crippen LogP contribution in [0.1, 0.15) is 78.1 Å². The summed E-state index contributed by atoms with van der Waals surface area (Å²) in [5, 5.41) is 10.6. The van der Waals surface area contributed by atoms with Crippen molar-refractivity contribution in [1.29, 1.82) is 0 Å².